The van der Waals surface area contributed by atoms with Crippen LogP contribution in [0.5, 0.6) is 5.75 Å². The maximum absolute atomic E-state index is 12.5. The third-order valence-corrected chi connectivity index (χ3v) is 5.79. The lowest BCUT2D eigenvalue weighted by molar-refractivity contribution is 0.0663. The summed E-state index contributed by atoms with van der Waals surface area (Å²) in [6.07, 6.45) is 2.36. The molecule has 3 rings (SSSR count). The number of carbonyl (C=O) groups is 2. The van der Waals surface area contributed by atoms with Crippen molar-refractivity contribution in [3.8, 4) is 5.75 Å². The standard InChI is InChI=1S/C21H32N4O3/c1-16(2)25-9-3-4-17(15-25)14-22-21(28)24-12-10-23(11-13-24)20(27)18-5-7-19(26)8-6-18/h5-8,16-17,26H,3-4,9-15H2,1-2H3,(H,22,28). The summed E-state index contributed by atoms with van der Waals surface area (Å²) in [5.41, 5.74) is 0.558. The quantitative estimate of drug-likeness (QED) is 0.827. The first-order chi connectivity index (χ1) is 13.4. The molecule has 2 saturated heterocycles. The van der Waals surface area contributed by atoms with E-state index in [0.717, 1.165) is 13.1 Å². The van der Waals surface area contributed by atoms with E-state index >= 15 is 0 Å². The zero-order valence-corrected chi connectivity index (χ0v) is 16.9. The van der Waals surface area contributed by atoms with Gasteiger partial charge in [-0.3, -0.25) is 4.79 Å². The molecule has 0 aromatic heterocycles. The molecule has 28 heavy (non-hydrogen) atoms. The second kappa shape index (κ2) is 9.28. The van der Waals surface area contributed by atoms with Crippen molar-refractivity contribution in [3.05, 3.63) is 29.8 Å². The molecule has 2 heterocycles. The number of nitrogens with one attached hydrogen (secondary N) is 1. The van der Waals surface area contributed by atoms with Gasteiger partial charge in [0, 0.05) is 50.9 Å². The van der Waals surface area contributed by atoms with Crippen molar-refractivity contribution in [2.75, 3.05) is 45.8 Å². The highest BCUT2D eigenvalue weighted by Gasteiger charge is 2.26. The Labute approximate surface area is 167 Å². The van der Waals surface area contributed by atoms with E-state index in [2.05, 4.69) is 24.1 Å². The summed E-state index contributed by atoms with van der Waals surface area (Å²) >= 11 is 0. The van der Waals surface area contributed by atoms with Crippen molar-refractivity contribution in [1.82, 2.24) is 20.0 Å². The van der Waals surface area contributed by atoms with Gasteiger partial charge in [0.2, 0.25) is 0 Å². The van der Waals surface area contributed by atoms with E-state index in [9.17, 15) is 14.7 Å². The van der Waals surface area contributed by atoms with E-state index in [0.29, 0.717) is 50.2 Å². The molecule has 2 aliphatic rings. The van der Waals surface area contributed by atoms with Crippen LogP contribution in [0.4, 0.5) is 4.79 Å². The lowest BCUT2D eigenvalue weighted by Crippen LogP contribution is -2.54. The number of amides is 3. The van der Waals surface area contributed by atoms with Gasteiger partial charge in [-0.15, -0.1) is 0 Å². The Morgan fingerprint density at radius 1 is 1.07 bits per heavy atom. The summed E-state index contributed by atoms with van der Waals surface area (Å²) in [5.74, 6) is 0.598. The Morgan fingerprint density at radius 3 is 2.36 bits per heavy atom. The van der Waals surface area contributed by atoms with Crippen LogP contribution in [0, 0.1) is 5.92 Å². The van der Waals surface area contributed by atoms with Crippen LogP contribution in [-0.2, 0) is 0 Å². The fourth-order valence-corrected chi connectivity index (χ4v) is 3.98. The van der Waals surface area contributed by atoms with E-state index in [-0.39, 0.29) is 17.7 Å². The molecular weight excluding hydrogens is 356 g/mol. The second-order valence-corrected chi connectivity index (χ2v) is 8.11. The van der Waals surface area contributed by atoms with Crippen molar-refractivity contribution >= 4 is 11.9 Å². The van der Waals surface area contributed by atoms with Crippen LogP contribution < -0.4 is 5.32 Å². The van der Waals surface area contributed by atoms with Crippen LogP contribution in [0.25, 0.3) is 0 Å². The second-order valence-electron chi connectivity index (χ2n) is 8.11. The number of phenols is 1. The number of phenolic OH excluding ortho intramolecular Hbond substituents is 1. The minimum absolute atomic E-state index is 0.0293. The van der Waals surface area contributed by atoms with Crippen LogP contribution in [0.1, 0.15) is 37.0 Å². The van der Waals surface area contributed by atoms with Crippen molar-refractivity contribution in [2.24, 2.45) is 5.92 Å². The zero-order valence-electron chi connectivity index (χ0n) is 16.9. The Hall–Kier alpha value is -2.28. The highest BCUT2D eigenvalue weighted by molar-refractivity contribution is 5.94. The fourth-order valence-electron chi connectivity index (χ4n) is 3.98. The molecule has 1 aromatic carbocycles. The first-order valence-electron chi connectivity index (χ1n) is 10.3. The summed E-state index contributed by atoms with van der Waals surface area (Å²) in [6.45, 7) is 9.49. The molecule has 154 valence electrons. The average molecular weight is 389 g/mol. The van der Waals surface area contributed by atoms with Gasteiger partial charge < -0.3 is 25.1 Å². The maximum atomic E-state index is 12.5. The van der Waals surface area contributed by atoms with Gasteiger partial charge in [0.15, 0.2) is 0 Å². The topological polar surface area (TPSA) is 76.1 Å². The summed E-state index contributed by atoms with van der Waals surface area (Å²) < 4.78 is 0. The molecule has 2 fully saturated rings. The van der Waals surface area contributed by atoms with Crippen molar-refractivity contribution < 1.29 is 14.7 Å². The number of likely N-dealkylation sites (tertiary alicyclic amines) is 1. The van der Waals surface area contributed by atoms with Gasteiger partial charge in [-0.1, -0.05) is 0 Å². The van der Waals surface area contributed by atoms with Crippen LogP contribution >= 0.6 is 0 Å². The Bertz CT molecular complexity index is 669. The van der Waals surface area contributed by atoms with Gasteiger partial charge in [-0.05, 0) is 63.4 Å². The molecule has 7 heteroatoms. The van der Waals surface area contributed by atoms with Crippen LogP contribution in [0.15, 0.2) is 24.3 Å². The molecule has 2 N–H and O–H groups in total. The summed E-state index contributed by atoms with van der Waals surface area (Å²) in [5, 5.41) is 12.4. The van der Waals surface area contributed by atoms with Gasteiger partial charge in [0.1, 0.15) is 5.75 Å². The Kier molecular flexibility index (Phi) is 6.78. The minimum Gasteiger partial charge on any atom is -0.508 e. The molecule has 0 saturated carbocycles. The molecule has 3 amide bonds. The van der Waals surface area contributed by atoms with Gasteiger partial charge >= 0.3 is 6.03 Å². The predicted octanol–water partition coefficient (Wildman–Crippen LogP) is 1.98. The van der Waals surface area contributed by atoms with Gasteiger partial charge in [0.25, 0.3) is 5.91 Å². The number of nitrogens with zero attached hydrogens (tertiary/aromatic N) is 3. The van der Waals surface area contributed by atoms with Crippen LogP contribution in [0.2, 0.25) is 0 Å². The summed E-state index contributed by atoms with van der Waals surface area (Å²) in [4.78, 5) is 31.1. The molecule has 1 unspecified atom stereocenters. The van der Waals surface area contributed by atoms with E-state index in [4.69, 9.17) is 0 Å². The van der Waals surface area contributed by atoms with E-state index in [1.807, 2.05) is 0 Å². The first kappa shape index (κ1) is 20.5. The number of hydrogen-bond donors (Lipinski definition) is 2. The van der Waals surface area contributed by atoms with Crippen molar-refractivity contribution in [3.63, 3.8) is 0 Å². The number of benzene rings is 1. The molecule has 2 aliphatic heterocycles. The number of carbonyl (C=O) groups excluding carboxylic acids is 2. The molecular formula is C21H32N4O3. The Balaban J connectivity index is 1.42. The van der Waals surface area contributed by atoms with Gasteiger partial charge in [-0.25, -0.2) is 4.79 Å². The van der Waals surface area contributed by atoms with E-state index in [1.54, 1.807) is 21.9 Å². The van der Waals surface area contributed by atoms with Crippen molar-refractivity contribution in [2.45, 2.75) is 32.7 Å². The highest BCUT2D eigenvalue weighted by atomic mass is 16.3. The number of rotatable bonds is 4. The predicted molar refractivity (Wildman–Crippen MR) is 108 cm³/mol. The maximum Gasteiger partial charge on any atom is 0.317 e. The van der Waals surface area contributed by atoms with Crippen molar-refractivity contribution in [1.29, 1.82) is 0 Å². The van der Waals surface area contributed by atoms with Gasteiger partial charge in [-0.2, -0.15) is 0 Å². The lowest BCUT2D eigenvalue weighted by Gasteiger charge is -2.37. The molecule has 7 nitrogen and oxygen atoms in total. The third kappa shape index (κ3) is 5.16. The molecule has 0 radical (unpaired) electrons. The first-order valence-corrected chi connectivity index (χ1v) is 10.3. The molecule has 1 atom stereocenters. The lowest BCUT2D eigenvalue weighted by atomic mass is 9.97. The van der Waals surface area contributed by atoms with Gasteiger partial charge in [0.05, 0.1) is 0 Å². The fraction of sp³-hybridized carbons (Fsp3) is 0.619. The molecule has 0 spiro atoms. The number of piperazine rings is 1. The highest BCUT2D eigenvalue weighted by Crippen LogP contribution is 2.18. The zero-order chi connectivity index (χ0) is 20.1. The van der Waals surface area contributed by atoms with Crippen LogP contribution in [-0.4, -0.2) is 83.6 Å². The third-order valence-electron chi connectivity index (χ3n) is 5.79. The van der Waals surface area contributed by atoms with Crippen LogP contribution in [0.3, 0.4) is 0 Å². The molecule has 0 aliphatic carbocycles. The van der Waals surface area contributed by atoms with E-state index < -0.39 is 0 Å². The smallest absolute Gasteiger partial charge is 0.317 e. The SMILES string of the molecule is CC(C)N1CCCC(CNC(=O)N2CCN(C(=O)c3ccc(O)cc3)CC2)C1. The average Bonchev–Trinajstić information content (AvgIpc) is 2.72. The largest absolute Gasteiger partial charge is 0.508 e. The normalized spacial score (nSPS) is 21.0. The minimum atomic E-state index is -0.0592. The molecule has 1 aromatic rings. The Morgan fingerprint density at radius 2 is 1.71 bits per heavy atom. The van der Waals surface area contributed by atoms with E-state index in [1.165, 1.54) is 25.0 Å². The summed E-state index contributed by atoms with van der Waals surface area (Å²) in [7, 11) is 0. The number of piperidine rings is 1. The number of aromatic hydroxyl groups is 1. The number of hydrogen-bond acceptors (Lipinski definition) is 4. The summed E-state index contributed by atoms with van der Waals surface area (Å²) in [6, 6.07) is 6.81. The number of urea groups is 1. The molecule has 0 bridgehead atoms. The monoisotopic (exact) mass is 388 g/mol.